The standard InChI is InChI=1S/C18H32N2O/c1-5-7-8-13-20(3)15-18(19-12-6-2)16-10-9-11-17(14-16)21-4/h9-11,14,18-19H,5-8,12-13,15H2,1-4H3. The van der Waals surface area contributed by atoms with Gasteiger partial charge in [0, 0.05) is 12.6 Å². The van der Waals surface area contributed by atoms with Gasteiger partial charge in [-0.15, -0.1) is 0 Å². The lowest BCUT2D eigenvalue weighted by molar-refractivity contribution is 0.284. The van der Waals surface area contributed by atoms with Crippen LogP contribution in [0.2, 0.25) is 0 Å². The van der Waals surface area contributed by atoms with Crippen molar-refractivity contribution in [1.82, 2.24) is 10.2 Å². The molecule has 0 heterocycles. The van der Waals surface area contributed by atoms with Crippen LogP contribution >= 0.6 is 0 Å². The predicted octanol–water partition coefficient (Wildman–Crippen LogP) is 3.86. The van der Waals surface area contributed by atoms with Crippen LogP contribution in [0.4, 0.5) is 0 Å². The summed E-state index contributed by atoms with van der Waals surface area (Å²) < 4.78 is 5.35. The smallest absolute Gasteiger partial charge is 0.119 e. The Morgan fingerprint density at radius 1 is 1.19 bits per heavy atom. The van der Waals surface area contributed by atoms with Crippen LogP contribution in [0, 0.1) is 0 Å². The molecule has 0 aliphatic heterocycles. The second-order valence-corrected chi connectivity index (χ2v) is 5.75. The maximum Gasteiger partial charge on any atom is 0.119 e. The predicted molar refractivity (Wildman–Crippen MR) is 91.1 cm³/mol. The lowest BCUT2D eigenvalue weighted by atomic mass is 10.1. The van der Waals surface area contributed by atoms with Crippen LogP contribution in [0.1, 0.15) is 51.1 Å². The van der Waals surface area contributed by atoms with E-state index in [1.807, 2.05) is 6.07 Å². The molecule has 1 rings (SSSR count). The first-order valence-electron chi connectivity index (χ1n) is 8.27. The van der Waals surface area contributed by atoms with E-state index in [2.05, 4.69) is 49.3 Å². The maximum atomic E-state index is 5.35. The molecule has 0 amide bonds. The minimum Gasteiger partial charge on any atom is -0.497 e. The molecule has 0 spiro atoms. The number of rotatable bonds is 11. The second-order valence-electron chi connectivity index (χ2n) is 5.75. The summed E-state index contributed by atoms with van der Waals surface area (Å²) in [7, 11) is 3.95. The van der Waals surface area contributed by atoms with Gasteiger partial charge in [-0.1, -0.05) is 38.8 Å². The second kappa shape index (κ2) is 10.6. The molecule has 0 saturated carbocycles. The van der Waals surface area contributed by atoms with Gasteiger partial charge in [0.25, 0.3) is 0 Å². The molecule has 0 fully saturated rings. The highest BCUT2D eigenvalue weighted by Crippen LogP contribution is 2.20. The number of hydrogen-bond acceptors (Lipinski definition) is 3. The molecular weight excluding hydrogens is 260 g/mol. The van der Waals surface area contributed by atoms with Crippen LogP contribution in [-0.2, 0) is 0 Å². The molecule has 1 aromatic carbocycles. The Kier molecular flexibility index (Phi) is 9.11. The topological polar surface area (TPSA) is 24.5 Å². The van der Waals surface area contributed by atoms with E-state index in [4.69, 9.17) is 4.74 Å². The lowest BCUT2D eigenvalue weighted by Crippen LogP contribution is -2.34. The number of nitrogens with zero attached hydrogens (tertiary/aromatic N) is 1. The van der Waals surface area contributed by atoms with Crippen molar-refractivity contribution < 1.29 is 4.74 Å². The largest absolute Gasteiger partial charge is 0.497 e. The molecule has 3 heteroatoms. The number of likely N-dealkylation sites (N-methyl/N-ethyl adjacent to an activating group) is 1. The summed E-state index contributed by atoms with van der Waals surface area (Å²) in [4.78, 5) is 2.43. The van der Waals surface area contributed by atoms with E-state index in [1.54, 1.807) is 7.11 Å². The number of nitrogens with one attached hydrogen (secondary N) is 1. The van der Waals surface area contributed by atoms with E-state index in [-0.39, 0.29) is 0 Å². The van der Waals surface area contributed by atoms with Crippen molar-refractivity contribution in [2.75, 3.05) is 33.8 Å². The van der Waals surface area contributed by atoms with Crippen LogP contribution in [0.5, 0.6) is 5.75 Å². The zero-order chi connectivity index (χ0) is 15.5. The highest BCUT2D eigenvalue weighted by atomic mass is 16.5. The van der Waals surface area contributed by atoms with Gasteiger partial charge in [0.15, 0.2) is 0 Å². The average Bonchev–Trinajstić information content (AvgIpc) is 2.51. The minimum absolute atomic E-state index is 0.367. The molecule has 21 heavy (non-hydrogen) atoms. The van der Waals surface area contributed by atoms with E-state index in [1.165, 1.54) is 31.4 Å². The summed E-state index contributed by atoms with van der Waals surface area (Å²) in [6.45, 7) is 7.71. The monoisotopic (exact) mass is 292 g/mol. The third-order valence-electron chi connectivity index (χ3n) is 3.77. The number of unbranched alkanes of at least 4 members (excludes halogenated alkanes) is 2. The van der Waals surface area contributed by atoms with Gasteiger partial charge in [-0.25, -0.2) is 0 Å². The molecule has 3 nitrogen and oxygen atoms in total. The third-order valence-corrected chi connectivity index (χ3v) is 3.77. The van der Waals surface area contributed by atoms with E-state index < -0.39 is 0 Å². The van der Waals surface area contributed by atoms with Crippen LogP contribution in [0.15, 0.2) is 24.3 Å². The first-order valence-corrected chi connectivity index (χ1v) is 8.27. The molecule has 0 saturated heterocycles. The number of benzene rings is 1. The van der Waals surface area contributed by atoms with Gasteiger partial charge in [-0.05, 0) is 50.7 Å². The zero-order valence-corrected chi connectivity index (χ0v) is 14.2. The Hall–Kier alpha value is -1.06. The highest BCUT2D eigenvalue weighted by molar-refractivity contribution is 5.30. The SMILES string of the molecule is CCCCCN(C)CC(NCCC)c1cccc(OC)c1. The summed E-state index contributed by atoms with van der Waals surface area (Å²) in [5, 5.41) is 3.66. The van der Waals surface area contributed by atoms with Crippen molar-refractivity contribution in [3.05, 3.63) is 29.8 Å². The molecule has 0 aliphatic rings. The summed E-state index contributed by atoms with van der Waals surface area (Å²) in [6, 6.07) is 8.78. The Morgan fingerprint density at radius 2 is 2.00 bits per heavy atom. The Balaban J connectivity index is 2.65. The Labute approximate surface area is 130 Å². The van der Waals surface area contributed by atoms with Gasteiger partial charge in [-0.2, -0.15) is 0 Å². The van der Waals surface area contributed by atoms with Gasteiger partial charge in [0.2, 0.25) is 0 Å². The van der Waals surface area contributed by atoms with Crippen LogP contribution in [-0.4, -0.2) is 38.7 Å². The Morgan fingerprint density at radius 3 is 2.67 bits per heavy atom. The molecule has 0 aliphatic carbocycles. The van der Waals surface area contributed by atoms with Gasteiger partial charge >= 0.3 is 0 Å². The van der Waals surface area contributed by atoms with Gasteiger partial charge in [0.05, 0.1) is 7.11 Å². The van der Waals surface area contributed by atoms with Crippen LogP contribution < -0.4 is 10.1 Å². The van der Waals surface area contributed by atoms with Crippen LogP contribution in [0.25, 0.3) is 0 Å². The lowest BCUT2D eigenvalue weighted by Gasteiger charge is -2.25. The minimum atomic E-state index is 0.367. The molecule has 0 radical (unpaired) electrons. The molecule has 1 atom stereocenters. The fourth-order valence-corrected chi connectivity index (χ4v) is 2.50. The molecule has 1 unspecified atom stereocenters. The van der Waals surface area contributed by atoms with Crippen LogP contribution in [0.3, 0.4) is 0 Å². The summed E-state index contributed by atoms with van der Waals surface area (Å²) in [5.41, 5.74) is 1.31. The summed E-state index contributed by atoms with van der Waals surface area (Å²) >= 11 is 0. The van der Waals surface area contributed by atoms with Gasteiger partial charge in [-0.3, -0.25) is 0 Å². The normalized spacial score (nSPS) is 12.6. The molecule has 0 bridgehead atoms. The Bertz CT molecular complexity index is 381. The summed E-state index contributed by atoms with van der Waals surface area (Å²) in [6.07, 6.45) is 5.03. The van der Waals surface area contributed by atoms with E-state index in [9.17, 15) is 0 Å². The highest BCUT2D eigenvalue weighted by Gasteiger charge is 2.13. The first kappa shape index (κ1) is 18.0. The average molecular weight is 292 g/mol. The maximum absolute atomic E-state index is 5.35. The van der Waals surface area contributed by atoms with Crippen molar-refractivity contribution in [3.8, 4) is 5.75 Å². The third kappa shape index (κ3) is 6.96. The molecular formula is C18H32N2O. The van der Waals surface area contributed by atoms with E-state index in [0.717, 1.165) is 25.3 Å². The fraction of sp³-hybridized carbons (Fsp3) is 0.667. The quantitative estimate of drug-likeness (QED) is 0.627. The van der Waals surface area contributed by atoms with Gasteiger partial charge in [0.1, 0.15) is 5.75 Å². The number of hydrogen-bond donors (Lipinski definition) is 1. The molecule has 1 N–H and O–H groups in total. The van der Waals surface area contributed by atoms with E-state index in [0.29, 0.717) is 6.04 Å². The van der Waals surface area contributed by atoms with Gasteiger partial charge < -0.3 is 15.0 Å². The van der Waals surface area contributed by atoms with E-state index >= 15 is 0 Å². The molecule has 0 aromatic heterocycles. The zero-order valence-electron chi connectivity index (χ0n) is 14.2. The van der Waals surface area contributed by atoms with Crippen molar-refractivity contribution >= 4 is 0 Å². The molecule has 1 aromatic rings. The summed E-state index contributed by atoms with van der Waals surface area (Å²) in [5.74, 6) is 0.935. The molecule has 120 valence electrons. The van der Waals surface area contributed by atoms with Crippen molar-refractivity contribution in [1.29, 1.82) is 0 Å². The van der Waals surface area contributed by atoms with Crippen molar-refractivity contribution in [2.45, 2.75) is 45.6 Å². The van der Waals surface area contributed by atoms with Crippen molar-refractivity contribution in [2.24, 2.45) is 0 Å². The van der Waals surface area contributed by atoms with Crippen molar-refractivity contribution in [3.63, 3.8) is 0 Å². The number of ether oxygens (including phenoxy) is 1. The first-order chi connectivity index (χ1) is 10.2. The number of methoxy groups -OCH3 is 1. The fourth-order valence-electron chi connectivity index (χ4n) is 2.50.